The molecule has 7 heteroatoms. The minimum atomic E-state index is 0.360. The molecule has 0 aliphatic heterocycles. The Labute approximate surface area is 186 Å². The highest BCUT2D eigenvalue weighted by molar-refractivity contribution is 5.97. The van der Waals surface area contributed by atoms with Crippen LogP contribution in [-0.2, 0) is 13.0 Å². The molecule has 0 unspecified atom stereocenters. The lowest BCUT2D eigenvalue weighted by Crippen LogP contribution is -2.16. The van der Waals surface area contributed by atoms with E-state index in [0.29, 0.717) is 23.2 Å². The van der Waals surface area contributed by atoms with Gasteiger partial charge in [-0.05, 0) is 72.6 Å². The Hall–Kier alpha value is -4.10. The van der Waals surface area contributed by atoms with Crippen LogP contribution in [0.4, 0.5) is 11.4 Å². The topological polar surface area (TPSA) is 115 Å². The van der Waals surface area contributed by atoms with E-state index in [1.54, 1.807) is 36.8 Å². The molecule has 5 N–H and O–H groups in total. The van der Waals surface area contributed by atoms with Gasteiger partial charge >= 0.3 is 0 Å². The number of hydrogen-bond donors (Lipinski definition) is 3. The van der Waals surface area contributed by atoms with Gasteiger partial charge in [-0.25, -0.2) is 9.98 Å². The average molecular weight is 428 g/mol. The standard InChI is InChI=1S/C25H25N5O2/c26-24(22-6-2-14-31-22)29-20-10-8-18(9-11-20)12-13-28-17-19-4-1-5-21(16-19)30-25(27)23-7-3-15-32-23/h1-11,14-16,28H,12-13,17H2,(H2,26,29)(H2,27,30). The van der Waals surface area contributed by atoms with Crippen molar-refractivity contribution in [3.05, 3.63) is 108 Å². The summed E-state index contributed by atoms with van der Waals surface area (Å²) in [6.45, 7) is 1.59. The fraction of sp³-hybridized carbons (Fsp3) is 0.120. The van der Waals surface area contributed by atoms with E-state index >= 15 is 0 Å². The fourth-order valence-corrected chi connectivity index (χ4v) is 3.18. The molecule has 4 rings (SSSR count). The molecule has 0 fully saturated rings. The van der Waals surface area contributed by atoms with Crippen LogP contribution in [0.5, 0.6) is 0 Å². The summed E-state index contributed by atoms with van der Waals surface area (Å²) >= 11 is 0. The number of aliphatic imine (C=N–C) groups is 2. The molecule has 0 radical (unpaired) electrons. The van der Waals surface area contributed by atoms with Crippen molar-refractivity contribution in [1.29, 1.82) is 0 Å². The summed E-state index contributed by atoms with van der Waals surface area (Å²) in [5, 5.41) is 3.47. The predicted molar refractivity (Wildman–Crippen MR) is 126 cm³/mol. The van der Waals surface area contributed by atoms with Crippen molar-refractivity contribution in [2.75, 3.05) is 6.54 Å². The average Bonchev–Trinajstić information content (AvgIpc) is 3.53. The Morgan fingerprint density at radius 3 is 2.00 bits per heavy atom. The smallest absolute Gasteiger partial charge is 0.168 e. The van der Waals surface area contributed by atoms with Crippen molar-refractivity contribution in [3.63, 3.8) is 0 Å². The van der Waals surface area contributed by atoms with Gasteiger partial charge in [-0.3, -0.25) is 0 Å². The molecule has 0 bridgehead atoms. The molecule has 0 aliphatic carbocycles. The number of rotatable bonds is 9. The Kier molecular flexibility index (Phi) is 6.79. The quantitative estimate of drug-likeness (QED) is 0.209. The van der Waals surface area contributed by atoms with Gasteiger partial charge < -0.3 is 25.6 Å². The molecular formula is C25H25N5O2. The number of nitrogens with zero attached hydrogens (tertiary/aromatic N) is 2. The Morgan fingerprint density at radius 1 is 0.719 bits per heavy atom. The third-order valence-electron chi connectivity index (χ3n) is 4.81. The van der Waals surface area contributed by atoms with Crippen molar-refractivity contribution in [2.24, 2.45) is 21.5 Å². The van der Waals surface area contributed by atoms with Crippen LogP contribution >= 0.6 is 0 Å². The van der Waals surface area contributed by atoms with Gasteiger partial charge in [0.1, 0.15) is 0 Å². The third kappa shape index (κ3) is 5.74. The zero-order valence-corrected chi connectivity index (χ0v) is 17.6. The van der Waals surface area contributed by atoms with Gasteiger partial charge in [0.25, 0.3) is 0 Å². The van der Waals surface area contributed by atoms with E-state index in [9.17, 15) is 0 Å². The van der Waals surface area contributed by atoms with E-state index < -0.39 is 0 Å². The largest absolute Gasteiger partial charge is 0.461 e. The van der Waals surface area contributed by atoms with Crippen molar-refractivity contribution in [1.82, 2.24) is 5.32 Å². The molecule has 7 nitrogen and oxygen atoms in total. The van der Waals surface area contributed by atoms with E-state index in [1.807, 2.05) is 30.3 Å². The first kappa shape index (κ1) is 21.1. The van der Waals surface area contributed by atoms with Gasteiger partial charge in [0.15, 0.2) is 23.2 Å². The summed E-state index contributed by atoms with van der Waals surface area (Å²) in [5.74, 6) is 1.85. The lowest BCUT2D eigenvalue weighted by atomic mass is 10.1. The summed E-state index contributed by atoms with van der Waals surface area (Å²) in [4.78, 5) is 8.81. The molecule has 2 aromatic carbocycles. The molecular weight excluding hydrogens is 402 g/mol. The lowest BCUT2D eigenvalue weighted by Gasteiger charge is -2.07. The van der Waals surface area contributed by atoms with Gasteiger partial charge in [-0.1, -0.05) is 24.3 Å². The minimum absolute atomic E-state index is 0.360. The molecule has 0 saturated heterocycles. The highest BCUT2D eigenvalue weighted by Crippen LogP contribution is 2.16. The number of nitrogens with one attached hydrogen (secondary N) is 1. The van der Waals surface area contributed by atoms with Crippen LogP contribution in [0.15, 0.2) is 104 Å². The number of amidine groups is 2. The molecule has 2 aromatic heterocycles. The Bertz CT molecular complexity index is 1180. The fourth-order valence-electron chi connectivity index (χ4n) is 3.18. The van der Waals surface area contributed by atoms with Crippen molar-refractivity contribution in [2.45, 2.75) is 13.0 Å². The van der Waals surface area contributed by atoms with Crippen molar-refractivity contribution < 1.29 is 8.83 Å². The second-order valence-corrected chi connectivity index (χ2v) is 7.21. The summed E-state index contributed by atoms with van der Waals surface area (Å²) < 4.78 is 10.5. The predicted octanol–water partition coefficient (Wildman–Crippen LogP) is 4.28. The summed E-state index contributed by atoms with van der Waals surface area (Å²) in [6.07, 6.45) is 4.06. The first-order valence-corrected chi connectivity index (χ1v) is 10.3. The van der Waals surface area contributed by atoms with Gasteiger partial charge in [-0.2, -0.15) is 0 Å². The second kappa shape index (κ2) is 10.3. The number of nitrogens with two attached hydrogens (primary N) is 2. The Morgan fingerprint density at radius 2 is 1.38 bits per heavy atom. The maximum atomic E-state index is 5.99. The number of benzene rings is 2. The van der Waals surface area contributed by atoms with Crippen molar-refractivity contribution >= 4 is 23.0 Å². The molecule has 0 aliphatic rings. The second-order valence-electron chi connectivity index (χ2n) is 7.21. The maximum Gasteiger partial charge on any atom is 0.168 e. The number of hydrogen-bond acceptors (Lipinski definition) is 5. The molecule has 0 amide bonds. The monoisotopic (exact) mass is 427 g/mol. The normalized spacial score (nSPS) is 12.2. The number of furan rings is 2. The van der Waals surface area contributed by atoms with E-state index in [1.165, 1.54) is 5.56 Å². The first-order valence-electron chi connectivity index (χ1n) is 10.3. The van der Waals surface area contributed by atoms with Crippen LogP contribution in [-0.4, -0.2) is 18.2 Å². The Balaban J connectivity index is 1.26. The lowest BCUT2D eigenvalue weighted by molar-refractivity contribution is 0.556. The summed E-state index contributed by atoms with van der Waals surface area (Å²) in [7, 11) is 0. The summed E-state index contributed by atoms with van der Waals surface area (Å²) in [5.41, 5.74) is 15.9. The molecule has 0 atom stereocenters. The minimum Gasteiger partial charge on any atom is -0.461 e. The van der Waals surface area contributed by atoms with Crippen LogP contribution in [0.2, 0.25) is 0 Å². The third-order valence-corrected chi connectivity index (χ3v) is 4.81. The van der Waals surface area contributed by atoms with Crippen molar-refractivity contribution in [3.8, 4) is 0 Å². The molecule has 162 valence electrons. The van der Waals surface area contributed by atoms with Crippen LogP contribution in [0.25, 0.3) is 0 Å². The van der Waals surface area contributed by atoms with E-state index in [4.69, 9.17) is 20.3 Å². The van der Waals surface area contributed by atoms with Crippen LogP contribution < -0.4 is 16.8 Å². The maximum absolute atomic E-state index is 5.99. The van der Waals surface area contributed by atoms with Gasteiger partial charge in [0, 0.05) is 6.54 Å². The van der Waals surface area contributed by atoms with Gasteiger partial charge in [0.2, 0.25) is 0 Å². The van der Waals surface area contributed by atoms with Gasteiger partial charge in [-0.15, -0.1) is 0 Å². The highest BCUT2D eigenvalue weighted by atomic mass is 16.3. The zero-order chi connectivity index (χ0) is 22.2. The van der Waals surface area contributed by atoms with E-state index in [2.05, 4.69) is 33.5 Å². The highest BCUT2D eigenvalue weighted by Gasteiger charge is 2.03. The molecule has 0 saturated carbocycles. The van der Waals surface area contributed by atoms with Gasteiger partial charge in [0.05, 0.1) is 23.9 Å². The first-order chi connectivity index (χ1) is 15.7. The molecule has 2 heterocycles. The van der Waals surface area contributed by atoms with Crippen LogP contribution in [0, 0.1) is 0 Å². The molecule has 0 spiro atoms. The van der Waals surface area contributed by atoms with E-state index in [0.717, 1.165) is 36.4 Å². The van der Waals surface area contributed by atoms with E-state index in [-0.39, 0.29) is 0 Å². The van der Waals surface area contributed by atoms with Crippen LogP contribution in [0.3, 0.4) is 0 Å². The zero-order valence-electron chi connectivity index (χ0n) is 17.6. The SMILES string of the molecule is NC(=Nc1ccc(CCNCc2cccc(N=C(N)c3ccco3)c2)cc1)c1ccco1. The molecule has 32 heavy (non-hydrogen) atoms. The molecule has 4 aromatic rings. The van der Waals surface area contributed by atoms with Crippen LogP contribution in [0.1, 0.15) is 22.6 Å². The summed E-state index contributed by atoms with van der Waals surface area (Å²) in [6, 6.07) is 23.1.